The van der Waals surface area contributed by atoms with Crippen LogP contribution in [-0.2, 0) is 5.41 Å². The fraction of sp³-hybridized carbons (Fsp3) is 0.500. The first-order valence-electron chi connectivity index (χ1n) is 9.20. The highest BCUT2D eigenvalue weighted by atomic mass is 16.5. The first-order valence-corrected chi connectivity index (χ1v) is 9.20. The maximum Gasteiger partial charge on any atom is 0.124 e. The van der Waals surface area contributed by atoms with Crippen molar-refractivity contribution in [3.63, 3.8) is 0 Å². The van der Waals surface area contributed by atoms with Crippen LogP contribution in [-0.4, -0.2) is 10.6 Å². The van der Waals surface area contributed by atoms with E-state index in [1.807, 2.05) is 0 Å². The highest BCUT2D eigenvalue weighted by molar-refractivity contribution is 5.66. The summed E-state index contributed by atoms with van der Waals surface area (Å²) in [5, 5.41) is 0. The van der Waals surface area contributed by atoms with Crippen LogP contribution in [0.2, 0.25) is 0 Å². The Morgan fingerprint density at radius 2 is 1.75 bits per heavy atom. The molecular formula is C22H25NO. The SMILES string of the molecule is CC1(C)Oc2ccc(-c3cc4c(cn3)C3CCC4C3)cc2C1(C)C. The Morgan fingerprint density at radius 3 is 2.54 bits per heavy atom. The van der Waals surface area contributed by atoms with Crippen molar-refractivity contribution < 1.29 is 4.74 Å². The van der Waals surface area contributed by atoms with Crippen molar-refractivity contribution in [2.75, 3.05) is 0 Å². The molecule has 0 amide bonds. The summed E-state index contributed by atoms with van der Waals surface area (Å²) >= 11 is 0. The zero-order valence-electron chi connectivity index (χ0n) is 15.0. The summed E-state index contributed by atoms with van der Waals surface area (Å²) in [6.45, 7) is 8.91. The summed E-state index contributed by atoms with van der Waals surface area (Å²) < 4.78 is 6.19. The number of aromatic nitrogens is 1. The summed E-state index contributed by atoms with van der Waals surface area (Å²) in [5.74, 6) is 2.58. The van der Waals surface area contributed by atoms with E-state index in [-0.39, 0.29) is 11.0 Å². The lowest BCUT2D eigenvalue weighted by molar-refractivity contribution is 0.0712. The van der Waals surface area contributed by atoms with Crippen molar-refractivity contribution in [3.8, 4) is 17.0 Å². The highest BCUT2D eigenvalue weighted by Crippen LogP contribution is 2.54. The van der Waals surface area contributed by atoms with Crippen LogP contribution in [0, 0.1) is 0 Å². The van der Waals surface area contributed by atoms with E-state index in [9.17, 15) is 0 Å². The molecule has 0 saturated heterocycles. The summed E-state index contributed by atoms with van der Waals surface area (Å²) in [4.78, 5) is 4.81. The first kappa shape index (κ1) is 14.5. The van der Waals surface area contributed by atoms with Gasteiger partial charge in [0.2, 0.25) is 0 Å². The Kier molecular flexibility index (Phi) is 2.67. The van der Waals surface area contributed by atoms with Crippen molar-refractivity contribution in [2.45, 2.75) is 69.8 Å². The highest BCUT2D eigenvalue weighted by Gasteiger charge is 2.48. The Labute approximate surface area is 144 Å². The number of fused-ring (bicyclic) bond motifs is 6. The van der Waals surface area contributed by atoms with Crippen molar-refractivity contribution in [2.24, 2.45) is 0 Å². The largest absolute Gasteiger partial charge is 0.487 e. The van der Waals surface area contributed by atoms with Gasteiger partial charge in [-0.3, -0.25) is 4.98 Å². The van der Waals surface area contributed by atoms with Gasteiger partial charge in [-0.15, -0.1) is 0 Å². The van der Waals surface area contributed by atoms with Crippen molar-refractivity contribution in [1.82, 2.24) is 4.98 Å². The minimum Gasteiger partial charge on any atom is -0.487 e. The van der Waals surface area contributed by atoms with Gasteiger partial charge in [0.25, 0.3) is 0 Å². The van der Waals surface area contributed by atoms with E-state index in [0.717, 1.165) is 23.3 Å². The van der Waals surface area contributed by atoms with E-state index in [1.165, 1.54) is 36.0 Å². The average molecular weight is 319 g/mol. The van der Waals surface area contributed by atoms with Crippen LogP contribution >= 0.6 is 0 Å². The molecule has 124 valence electrons. The van der Waals surface area contributed by atoms with Crippen molar-refractivity contribution >= 4 is 0 Å². The van der Waals surface area contributed by atoms with Gasteiger partial charge in [0.1, 0.15) is 11.4 Å². The third kappa shape index (κ3) is 1.75. The zero-order chi connectivity index (χ0) is 16.7. The number of pyridine rings is 1. The number of hydrogen-bond acceptors (Lipinski definition) is 2. The molecule has 2 aliphatic carbocycles. The second-order valence-electron chi connectivity index (χ2n) is 8.85. The summed E-state index contributed by atoms with van der Waals surface area (Å²) in [7, 11) is 0. The van der Waals surface area contributed by atoms with Crippen LogP contribution in [0.1, 0.15) is 75.5 Å². The quantitative estimate of drug-likeness (QED) is 0.686. The van der Waals surface area contributed by atoms with E-state index in [2.05, 4.69) is 58.2 Å². The Balaban J connectivity index is 1.60. The molecule has 5 rings (SSSR count). The fourth-order valence-electron chi connectivity index (χ4n) is 4.87. The molecule has 2 nitrogen and oxygen atoms in total. The molecule has 1 aromatic heterocycles. The van der Waals surface area contributed by atoms with Gasteiger partial charge in [0, 0.05) is 22.7 Å². The molecule has 3 aliphatic rings. The molecule has 1 aliphatic heterocycles. The number of nitrogens with zero attached hydrogens (tertiary/aromatic N) is 1. The summed E-state index contributed by atoms with van der Waals surface area (Å²) in [5.41, 5.74) is 6.52. The van der Waals surface area contributed by atoms with E-state index in [4.69, 9.17) is 9.72 Å². The van der Waals surface area contributed by atoms with Crippen LogP contribution in [0.25, 0.3) is 11.3 Å². The third-order valence-corrected chi connectivity index (χ3v) is 7.10. The molecular weight excluding hydrogens is 294 g/mol. The molecule has 2 unspecified atom stereocenters. The van der Waals surface area contributed by atoms with E-state index >= 15 is 0 Å². The molecule has 1 saturated carbocycles. The van der Waals surface area contributed by atoms with Crippen LogP contribution < -0.4 is 4.74 Å². The van der Waals surface area contributed by atoms with Crippen molar-refractivity contribution in [1.29, 1.82) is 0 Å². The van der Waals surface area contributed by atoms with Crippen molar-refractivity contribution in [3.05, 3.63) is 47.2 Å². The topological polar surface area (TPSA) is 22.1 Å². The Bertz CT molecular complexity index is 849. The lowest BCUT2D eigenvalue weighted by Gasteiger charge is -2.33. The molecule has 0 spiro atoms. The van der Waals surface area contributed by atoms with Gasteiger partial charge in [0.05, 0.1) is 5.69 Å². The molecule has 24 heavy (non-hydrogen) atoms. The maximum atomic E-state index is 6.19. The zero-order valence-corrected chi connectivity index (χ0v) is 15.0. The third-order valence-electron chi connectivity index (χ3n) is 7.10. The molecule has 0 N–H and O–H groups in total. The second kappa shape index (κ2) is 4.41. The molecule has 2 bridgehead atoms. The smallest absolute Gasteiger partial charge is 0.124 e. The minimum atomic E-state index is -0.182. The normalized spacial score (nSPS) is 27.7. The van der Waals surface area contributed by atoms with Gasteiger partial charge in [-0.2, -0.15) is 0 Å². The predicted octanol–water partition coefficient (Wildman–Crippen LogP) is 5.56. The lowest BCUT2D eigenvalue weighted by atomic mass is 9.73. The summed E-state index contributed by atoms with van der Waals surface area (Å²) in [6, 6.07) is 8.95. The van der Waals surface area contributed by atoms with Gasteiger partial charge in [0.15, 0.2) is 0 Å². The predicted molar refractivity (Wildman–Crippen MR) is 96.7 cm³/mol. The first-order chi connectivity index (χ1) is 11.4. The number of hydrogen-bond donors (Lipinski definition) is 0. The van der Waals surface area contributed by atoms with Gasteiger partial charge in [-0.1, -0.05) is 13.8 Å². The molecule has 2 heterocycles. The van der Waals surface area contributed by atoms with Gasteiger partial charge >= 0.3 is 0 Å². The standard InChI is InChI=1S/C22H25NO/c1-21(2)18-10-15(7-8-20(18)24-22(21,3)4)19-11-16-13-5-6-14(9-13)17(16)12-23-19/h7-8,10-14H,5-6,9H2,1-4H3. The Morgan fingerprint density at radius 1 is 1.00 bits per heavy atom. The van der Waals surface area contributed by atoms with E-state index < -0.39 is 0 Å². The second-order valence-corrected chi connectivity index (χ2v) is 8.85. The average Bonchev–Trinajstić information content (AvgIpc) is 3.20. The molecule has 0 radical (unpaired) electrons. The number of ether oxygens (including phenoxy) is 1. The minimum absolute atomic E-state index is 0.00581. The fourth-order valence-corrected chi connectivity index (χ4v) is 4.87. The molecule has 2 heteroatoms. The Hall–Kier alpha value is -1.83. The van der Waals surface area contributed by atoms with Crippen LogP contribution in [0.5, 0.6) is 5.75 Å². The molecule has 2 atom stereocenters. The number of rotatable bonds is 1. The number of benzene rings is 1. The lowest BCUT2D eigenvalue weighted by Crippen LogP contribution is -2.41. The molecule has 2 aromatic rings. The van der Waals surface area contributed by atoms with Gasteiger partial charge < -0.3 is 4.74 Å². The molecule has 1 fully saturated rings. The molecule has 1 aromatic carbocycles. The van der Waals surface area contributed by atoms with Gasteiger partial charge in [-0.05, 0) is 80.3 Å². The van der Waals surface area contributed by atoms with Gasteiger partial charge in [-0.25, -0.2) is 0 Å². The van der Waals surface area contributed by atoms with E-state index in [0.29, 0.717) is 0 Å². The van der Waals surface area contributed by atoms with Crippen LogP contribution in [0.3, 0.4) is 0 Å². The van der Waals surface area contributed by atoms with Crippen LogP contribution in [0.4, 0.5) is 0 Å². The summed E-state index contributed by atoms with van der Waals surface area (Å²) in [6.07, 6.45) is 6.21. The maximum absolute atomic E-state index is 6.19. The van der Waals surface area contributed by atoms with E-state index in [1.54, 1.807) is 5.56 Å². The monoisotopic (exact) mass is 319 g/mol. The van der Waals surface area contributed by atoms with Crippen LogP contribution in [0.15, 0.2) is 30.5 Å².